The van der Waals surface area contributed by atoms with Crippen LogP contribution in [0.5, 0.6) is 0 Å². The summed E-state index contributed by atoms with van der Waals surface area (Å²) in [6.45, 7) is 2.57. The second-order valence-electron chi connectivity index (χ2n) is 7.47. The van der Waals surface area contributed by atoms with Gasteiger partial charge in [-0.05, 0) is 18.9 Å². The molecule has 5 nitrogen and oxygen atoms in total. The molecule has 3 rings (SSSR count). The zero-order valence-corrected chi connectivity index (χ0v) is 18.2. The smallest absolute Gasteiger partial charge is 0.334 e. The Labute approximate surface area is 182 Å². The van der Waals surface area contributed by atoms with Crippen LogP contribution in [0.3, 0.4) is 0 Å². The number of alkyl halides is 3. The summed E-state index contributed by atoms with van der Waals surface area (Å²) in [5, 5.41) is 2.33. The van der Waals surface area contributed by atoms with E-state index in [4.69, 9.17) is 0 Å². The van der Waals surface area contributed by atoms with Gasteiger partial charge in [0.25, 0.3) is 5.56 Å². The summed E-state index contributed by atoms with van der Waals surface area (Å²) in [7, 11) is 0. The van der Waals surface area contributed by atoms with Crippen LogP contribution >= 0.6 is 11.3 Å². The van der Waals surface area contributed by atoms with E-state index in [-0.39, 0.29) is 25.1 Å². The van der Waals surface area contributed by atoms with Gasteiger partial charge >= 0.3 is 6.18 Å². The van der Waals surface area contributed by atoms with Gasteiger partial charge in [0.2, 0.25) is 5.91 Å². The molecule has 166 valence electrons. The third kappa shape index (κ3) is 5.72. The number of aryl methyl sites for hydroxylation is 2. The maximum Gasteiger partial charge on any atom is 0.406 e. The van der Waals surface area contributed by atoms with Gasteiger partial charge in [0.1, 0.15) is 11.4 Å². The average Bonchev–Trinajstić information content (AvgIpc) is 3.15. The van der Waals surface area contributed by atoms with Crippen molar-refractivity contribution >= 4 is 27.5 Å². The largest absolute Gasteiger partial charge is 0.406 e. The number of hydrogen-bond acceptors (Lipinski definition) is 4. The predicted octanol–water partition coefficient (Wildman–Crippen LogP) is 5.01. The minimum Gasteiger partial charge on any atom is -0.334 e. The first-order valence-electron chi connectivity index (χ1n) is 10.1. The lowest BCUT2D eigenvalue weighted by atomic mass is 10.1. The van der Waals surface area contributed by atoms with Crippen LogP contribution in [0, 0.1) is 6.92 Å². The van der Waals surface area contributed by atoms with Gasteiger partial charge in [-0.15, -0.1) is 11.3 Å². The van der Waals surface area contributed by atoms with E-state index in [1.165, 1.54) is 22.2 Å². The number of unbranched alkanes of at least 4 members (excludes halogenated alkanes) is 1. The molecule has 0 atom stereocenters. The zero-order valence-electron chi connectivity index (χ0n) is 17.4. The molecule has 0 unspecified atom stereocenters. The topological polar surface area (TPSA) is 55.2 Å². The molecule has 0 aliphatic heterocycles. The summed E-state index contributed by atoms with van der Waals surface area (Å²) in [5.74, 6) is -0.623. The lowest BCUT2D eigenvalue weighted by molar-refractivity contribution is -0.161. The van der Waals surface area contributed by atoms with Crippen LogP contribution in [0.15, 0.2) is 40.8 Å². The summed E-state index contributed by atoms with van der Waals surface area (Å²) >= 11 is 1.36. The highest BCUT2D eigenvalue weighted by Gasteiger charge is 2.32. The molecule has 0 N–H and O–H groups in total. The first-order chi connectivity index (χ1) is 14.7. The molecule has 0 fully saturated rings. The molecule has 0 aliphatic rings. The first kappa shape index (κ1) is 23.0. The molecule has 3 aromatic rings. The van der Waals surface area contributed by atoms with Crippen molar-refractivity contribution in [2.45, 2.75) is 45.8 Å². The van der Waals surface area contributed by atoms with Crippen molar-refractivity contribution in [3.63, 3.8) is 0 Å². The van der Waals surface area contributed by atoms with E-state index < -0.39 is 18.6 Å². The third-order valence-electron chi connectivity index (χ3n) is 4.99. The molecule has 0 saturated heterocycles. The van der Waals surface area contributed by atoms with Crippen LogP contribution in [0.4, 0.5) is 13.2 Å². The molecule has 0 spiro atoms. The quantitative estimate of drug-likeness (QED) is 0.484. The van der Waals surface area contributed by atoms with Gasteiger partial charge in [-0.25, -0.2) is 4.98 Å². The van der Waals surface area contributed by atoms with Crippen LogP contribution in [0.1, 0.15) is 31.7 Å². The monoisotopic (exact) mass is 451 g/mol. The van der Waals surface area contributed by atoms with Gasteiger partial charge in [0, 0.05) is 30.5 Å². The SMILES string of the molecule is CCCCN(CC(F)(F)F)C(=O)CCn1cnc2scc(-c3ccc(C)cc3)c2c1=O. The van der Waals surface area contributed by atoms with Crippen LogP contribution in [0.2, 0.25) is 0 Å². The molecule has 9 heteroatoms. The second-order valence-corrected chi connectivity index (χ2v) is 8.33. The standard InChI is InChI=1S/C22H24F3N3O2S/c1-3-4-10-27(13-22(23,24)25)18(29)9-11-28-14-26-20-19(21(28)30)17(12-31-20)16-7-5-15(2)6-8-16/h5-8,12,14H,3-4,9-11,13H2,1-2H3. The summed E-state index contributed by atoms with van der Waals surface area (Å²) < 4.78 is 39.8. The molecular weight excluding hydrogens is 427 g/mol. The molecule has 31 heavy (non-hydrogen) atoms. The average molecular weight is 452 g/mol. The van der Waals surface area contributed by atoms with Crippen molar-refractivity contribution < 1.29 is 18.0 Å². The van der Waals surface area contributed by atoms with E-state index in [1.807, 2.05) is 43.5 Å². The molecular formula is C22H24F3N3O2S. The lowest BCUT2D eigenvalue weighted by Crippen LogP contribution is -2.40. The summed E-state index contributed by atoms with van der Waals surface area (Å²) in [6.07, 6.45) is -2.13. The van der Waals surface area contributed by atoms with Crippen LogP contribution in [-0.4, -0.2) is 39.6 Å². The summed E-state index contributed by atoms with van der Waals surface area (Å²) in [6, 6.07) is 7.77. The summed E-state index contributed by atoms with van der Waals surface area (Å²) in [4.78, 5) is 31.2. The number of halogens is 3. The minimum absolute atomic E-state index is 0.0235. The Morgan fingerprint density at radius 2 is 1.94 bits per heavy atom. The van der Waals surface area contributed by atoms with E-state index >= 15 is 0 Å². The number of carbonyl (C=O) groups is 1. The maximum absolute atomic E-state index is 13.1. The van der Waals surface area contributed by atoms with E-state index in [0.29, 0.717) is 23.1 Å². The number of amides is 1. The molecule has 0 bridgehead atoms. The predicted molar refractivity (Wildman–Crippen MR) is 116 cm³/mol. The maximum atomic E-state index is 13.1. The van der Waals surface area contributed by atoms with Gasteiger partial charge in [-0.1, -0.05) is 43.2 Å². The minimum atomic E-state index is -4.46. The molecule has 0 saturated carbocycles. The van der Waals surface area contributed by atoms with Crippen molar-refractivity contribution in [2.75, 3.05) is 13.1 Å². The lowest BCUT2D eigenvalue weighted by Gasteiger charge is -2.24. The third-order valence-corrected chi connectivity index (χ3v) is 5.88. The van der Waals surface area contributed by atoms with Gasteiger partial charge in [0.05, 0.1) is 11.7 Å². The Balaban J connectivity index is 1.82. The number of carbonyl (C=O) groups excluding carboxylic acids is 1. The number of hydrogen-bond donors (Lipinski definition) is 0. The molecule has 2 heterocycles. The van der Waals surface area contributed by atoms with Gasteiger partial charge in [0.15, 0.2) is 0 Å². The van der Waals surface area contributed by atoms with Crippen LogP contribution in [-0.2, 0) is 11.3 Å². The van der Waals surface area contributed by atoms with Crippen LogP contribution < -0.4 is 5.56 Å². The molecule has 2 aromatic heterocycles. The normalized spacial score (nSPS) is 11.8. The van der Waals surface area contributed by atoms with Crippen LogP contribution in [0.25, 0.3) is 21.3 Å². The highest BCUT2D eigenvalue weighted by molar-refractivity contribution is 7.17. The first-order valence-corrected chi connectivity index (χ1v) is 11.0. The van der Waals surface area contributed by atoms with Crippen molar-refractivity contribution in [1.29, 1.82) is 0 Å². The molecule has 0 aliphatic carbocycles. The molecule has 1 aromatic carbocycles. The molecule has 0 radical (unpaired) electrons. The van der Waals surface area contributed by atoms with Gasteiger partial charge in [-0.3, -0.25) is 14.2 Å². The number of aromatic nitrogens is 2. The fourth-order valence-electron chi connectivity index (χ4n) is 3.30. The van der Waals surface area contributed by atoms with Crippen molar-refractivity contribution in [2.24, 2.45) is 0 Å². The van der Waals surface area contributed by atoms with Crippen molar-refractivity contribution in [3.05, 3.63) is 51.9 Å². The van der Waals surface area contributed by atoms with Gasteiger partial charge < -0.3 is 4.90 Å². The Kier molecular flexibility index (Phi) is 7.15. The highest BCUT2D eigenvalue weighted by Crippen LogP contribution is 2.30. The number of rotatable bonds is 8. The van der Waals surface area contributed by atoms with Crippen molar-refractivity contribution in [1.82, 2.24) is 14.5 Å². The highest BCUT2D eigenvalue weighted by atomic mass is 32.1. The Hall–Kier alpha value is -2.68. The summed E-state index contributed by atoms with van der Waals surface area (Å²) in [5.41, 5.74) is 2.45. The van der Waals surface area contributed by atoms with E-state index in [0.717, 1.165) is 21.6 Å². The van der Waals surface area contributed by atoms with Gasteiger partial charge in [-0.2, -0.15) is 13.2 Å². The zero-order chi connectivity index (χ0) is 22.6. The van der Waals surface area contributed by atoms with Crippen molar-refractivity contribution in [3.8, 4) is 11.1 Å². The van der Waals surface area contributed by atoms with E-state index in [9.17, 15) is 22.8 Å². The number of fused-ring (bicyclic) bond motifs is 1. The fourth-order valence-corrected chi connectivity index (χ4v) is 4.21. The second kappa shape index (κ2) is 9.64. The Morgan fingerprint density at radius 3 is 2.58 bits per heavy atom. The molecule has 1 amide bonds. The Morgan fingerprint density at radius 1 is 1.23 bits per heavy atom. The number of thiophene rings is 1. The van der Waals surface area contributed by atoms with E-state index in [1.54, 1.807) is 0 Å². The number of nitrogens with zero attached hydrogens (tertiary/aromatic N) is 3. The fraction of sp³-hybridized carbons (Fsp3) is 0.409. The Bertz CT molecular complexity index is 1100. The van der Waals surface area contributed by atoms with E-state index in [2.05, 4.69) is 4.98 Å². The number of benzene rings is 1.